The first-order valence-electron chi connectivity index (χ1n) is 6.33. The Hall–Kier alpha value is -1.81. The third kappa shape index (κ3) is 2.11. The summed E-state index contributed by atoms with van der Waals surface area (Å²) in [7, 11) is 0. The Morgan fingerprint density at radius 1 is 1.28 bits per heavy atom. The van der Waals surface area contributed by atoms with Crippen LogP contribution in [-0.4, -0.2) is 11.5 Å². The molecule has 4 nitrogen and oxygen atoms in total. The van der Waals surface area contributed by atoms with Crippen molar-refractivity contribution in [3.05, 3.63) is 47.3 Å². The fourth-order valence-corrected chi connectivity index (χ4v) is 2.40. The highest BCUT2D eigenvalue weighted by Crippen LogP contribution is 2.23. The maximum Gasteiger partial charge on any atom is 0.297 e. The van der Waals surface area contributed by atoms with Crippen LogP contribution in [0.5, 0.6) is 0 Å². The number of hydrogen-bond donors (Lipinski definition) is 1. The largest absolute Gasteiger partial charge is 0.432 e. The highest BCUT2D eigenvalue weighted by atomic mass is 16.4. The number of rotatable bonds is 2. The molecule has 0 fully saturated rings. The van der Waals surface area contributed by atoms with Gasteiger partial charge in [-0.25, -0.2) is 0 Å². The van der Waals surface area contributed by atoms with Gasteiger partial charge in [0.15, 0.2) is 0 Å². The van der Waals surface area contributed by atoms with Crippen molar-refractivity contribution < 1.29 is 4.42 Å². The lowest BCUT2D eigenvalue weighted by Crippen LogP contribution is -2.22. The van der Waals surface area contributed by atoms with Crippen LogP contribution in [0.25, 0.3) is 0 Å². The van der Waals surface area contributed by atoms with E-state index >= 15 is 0 Å². The second-order valence-corrected chi connectivity index (χ2v) is 4.62. The molecule has 0 bridgehead atoms. The number of anilines is 1. The lowest BCUT2D eigenvalue weighted by molar-refractivity contribution is 0.530. The van der Waals surface area contributed by atoms with Gasteiger partial charge in [0.25, 0.3) is 6.01 Å². The fourth-order valence-electron chi connectivity index (χ4n) is 2.40. The minimum absolute atomic E-state index is 0.425. The number of nitrogens with two attached hydrogens (primary N) is 1. The second-order valence-electron chi connectivity index (χ2n) is 4.62. The summed E-state index contributed by atoms with van der Waals surface area (Å²) >= 11 is 0. The molecule has 1 aliphatic heterocycles. The van der Waals surface area contributed by atoms with E-state index < -0.39 is 0 Å². The summed E-state index contributed by atoms with van der Waals surface area (Å²) < 4.78 is 5.50. The number of aromatic nitrogens is 1. The number of benzene rings is 1. The molecule has 0 saturated carbocycles. The van der Waals surface area contributed by atoms with Crippen LogP contribution in [0.1, 0.15) is 23.2 Å². The van der Waals surface area contributed by atoms with Gasteiger partial charge in [0.05, 0.1) is 5.69 Å². The molecule has 2 N–H and O–H groups in total. The van der Waals surface area contributed by atoms with Crippen LogP contribution in [-0.2, 0) is 19.5 Å². The van der Waals surface area contributed by atoms with Crippen molar-refractivity contribution in [2.24, 2.45) is 5.73 Å². The van der Waals surface area contributed by atoms with Crippen LogP contribution in [0, 0.1) is 0 Å². The molecule has 0 spiro atoms. The van der Waals surface area contributed by atoms with E-state index in [4.69, 9.17) is 10.2 Å². The lowest BCUT2D eigenvalue weighted by atomic mass is 10.0. The number of oxazole rings is 1. The molecule has 2 heterocycles. The molecular formula is C14H17N3O. The van der Waals surface area contributed by atoms with E-state index in [-0.39, 0.29) is 0 Å². The molecular weight excluding hydrogens is 226 g/mol. The Bertz CT molecular complexity index is 535. The molecule has 3 rings (SSSR count). The van der Waals surface area contributed by atoms with Gasteiger partial charge in [0, 0.05) is 19.6 Å². The first-order valence-corrected chi connectivity index (χ1v) is 6.33. The van der Waals surface area contributed by atoms with Gasteiger partial charge in [-0.15, -0.1) is 0 Å². The normalized spacial score (nSPS) is 15.3. The third-order valence-electron chi connectivity index (χ3n) is 3.37. The molecule has 1 aromatic heterocycles. The topological polar surface area (TPSA) is 55.3 Å². The highest BCUT2D eigenvalue weighted by molar-refractivity contribution is 5.36. The summed E-state index contributed by atoms with van der Waals surface area (Å²) in [6.07, 6.45) is 3.89. The molecule has 4 heteroatoms. The van der Waals surface area contributed by atoms with Crippen molar-refractivity contribution in [1.82, 2.24) is 4.98 Å². The van der Waals surface area contributed by atoms with E-state index in [9.17, 15) is 0 Å². The van der Waals surface area contributed by atoms with E-state index in [1.165, 1.54) is 11.1 Å². The lowest BCUT2D eigenvalue weighted by Gasteiger charge is -2.18. The van der Waals surface area contributed by atoms with Gasteiger partial charge in [0.2, 0.25) is 0 Å². The molecule has 2 aromatic rings. The van der Waals surface area contributed by atoms with Crippen LogP contribution in [0.15, 0.2) is 34.9 Å². The number of fused-ring (bicyclic) bond motifs is 1. The van der Waals surface area contributed by atoms with Crippen LogP contribution in [0.2, 0.25) is 0 Å². The average Bonchev–Trinajstić information content (AvgIpc) is 2.78. The summed E-state index contributed by atoms with van der Waals surface area (Å²) in [6, 6.07) is 9.27. The minimum Gasteiger partial charge on any atom is -0.432 e. The Morgan fingerprint density at radius 2 is 2.11 bits per heavy atom. The van der Waals surface area contributed by atoms with E-state index in [2.05, 4.69) is 34.1 Å². The Morgan fingerprint density at radius 3 is 2.89 bits per heavy atom. The minimum atomic E-state index is 0.425. The standard InChI is InChI=1S/C14H17N3O/c15-8-13-10-18-14(16-13)17-7-3-6-11-4-1-2-5-12(11)9-17/h1-2,4-5,10H,3,6-9,15H2. The Labute approximate surface area is 106 Å². The van der Waals surface area contributed by atoms with E-state index in [1.54, 1.807) is 6.26 Å². The molecule has 0 radical (unpaired) electrons. The van der Waals surface area contributed by atoms with Gasteiger partial charge in [0.1, 0.15) is 6.26 Å². The maximum absolute atomic E-state index is 5.56. The molecule has 0 aliphatic carbocycles. The summed E-state index contributed by atoms with van der Waals surface area (Å²) in [5.74, 6) is 0. The zero-order valence-corrected chi connectivity index (χ0v) is 10.3. The first-order chi connectivity index (χ1) is 8.86. The second kappa shape index (κ2) is 4.82. The molecule has 1 aromatic carbocycles. The Kier molecular flexibility index (Phi) is 3.02. The van der Waals surface area contributed by atoms with Gasteiger partial charge in [-0.05, 0) is 24.0 Å². The van der Waals surface area contributed by atoms with Crippen molar-refractivity contribution in [2.45, 2.75) is 25.9 Å². The summed E-state index contributed by atoms with van der Waals surface area (Å²) in [6.45, 7) is 2.26. The van der Waals surface area contributed by atoms with Crippen LogP contribution in [0.3, 0.4) is 0 Å². The molecule has 0 unspecified atom stereocenters. The fraction of sp³-hybridized carbons (Fsp3) is 0.357. The number of hydrogen-bond acceptors (Lipinski definition) is 4. The average molecular weight is 243 g/mol. The van der Waals surface area contributed by atoms with Gasteiger partial charge >= 0.3 is 0 Å². The van der Waals surface area contributed by atoms with Crippen molar-refractivity contribution in [1.29, 1.82) is 0 Å². The van der Waals surface area contributed by atoms with E-state index in [0.717, 1.165) is 31.6 Å². The summed E-state index contributed by atoms with van der Waals surface area (Å²) in [4.78, 5) is 6.59. The van der Waals surface area contributed by atoms with E-state index in [1.807, 2.05) is 0 Å². The maximum atomic E-state index is 5.56. The monoisotopic (exact) mass is 243 g/mol. The van der Waals surface area contributed by atoms with Crippen LogP contribution >= 0.6 is 0 Å². The SMILES string of the molecule is NCc1coc(N2CCCc3ccccc3C2)n1. The quantitative estimate of drug-likeness (QED) is 0.877. The van der Waals surface area contributed by atoms with Crippen LogP contribution < -0.4 is 10.6 Å². The molecule has 0 amide bonds. The first kappa shape index (κ1) is 11.3. The predicted molar refractivity (Wildman–Crippen MR) is 70.2 cm³/mol. The summed E-state index contributed by atoms with van der Waals surface area (Å²) in [5, 5.41) is 0. The van der Waals surface area contributed by atoms with Crippen molar-refractivity contribution in [3.63, 3.8) is 0 Å². The molecule has 0 saturated heterocycles. The van der Waals surface area contributed by atoms with Crippen LogP contribution in [0.4, 0.5) is 6.01 Å². The van der Waals surface area contributed by atoms with Crippen molar-refractivity contribution in [2.75, 3.05) is 11.4 Å². The predicted octanol–water partition coefficient (Wildman–Crippen LogP) is 2.09. The molecule has 18 heavy (non-hydrogen) atoms. The van der Waals surface area contributed by atoms with Gasteiger partial charge in [-0.1, -0.05) is 24.3 Å². The van der Waals surface area contributed by atoms with Gasteiger partial charge in [-0.3, -0.25) is 0 Å². The highest BCUT2D eigenvalue weighted by Gasteiger charge is 2.17. The summed E-state index contributed by atoms with van der Waals surface area (Å²) in [5.41, 5.74) is 9.17. The smallest absolute Gasteiger partial charge is 0.297 e. The number of aryl methyl sites for hydroxylation is 1. The zero-order valence-electron chi connectivity index (χ0n) is 10.3. The zero-order chi connectivity index (χ0) is 12.4. The Balaban J connectivity index is 1.86. The molecule has 0 atom stereocenters. The third-order valence-corrected chi connectivity index (χ3v) is 3.37. The number of nitrogens with zero attached hydrogens (tertiary/aromatic N) is 2. The van der Waals surface area contributed by atoms with E-state index in [0.29, 0.717) is 12.6 Å². The van der Waals surface area contributed by atoms with Crippen molar-refractivity contribution in [3.8, 4) is 0 Å². The van der Waals surface area contributed by atoms with Crippen molar-refractivity contribution >= 4 is 6.01 Å². The molecule has 94 valence electrons. The van der Waals surface area contributed by atoms with Gasteiger partial charge < -0.3 is 15.1 Å². The van der Waals surface area contributed by atoms with Gasteiger partial charge in [-0.2, -0.15) is 4.98 Å². The molecule has 1 aliphatic rings.